The molecule has 0 aliphatic rings. The van der Waals surface area contributed by atoms with Gasteiger partial charge in [-0.15, -0.1) is 0 Å². The van der Waals surface area contributed by atoms with Crippen LogP contribution in [0.1, 0.15) is 23.6 Å². The van der Waals surface area contributed by atoms with Crippen molar-refractivity contribution in [2.75, 3.05) is 0 Å². The second kappa shape index (κ2) is 5.81. The lowest BCUT2D eigenvalue weighted by molar-refractivity contribution is 0.549. The van der Waals surface area contributed by atoms with Gasteiger partial charge in [0.1, 0.15) is 0 Å². The molecule has 1 aromatic heterocycles. The van der Waals surface area contributed by atoms with Crippen molar-refractivity contribution in [1.29, 1.82) is 0 Å². The van der Waals surface area contributed by atoms with Gasteiger partial charge in [-0.2, -0.15) is 0 Å². The maximum absolute atomic E-state index is 12.4. The molecule has 1 unspecified atom stereocenters. The van der Waals surface area contributed by atoms with Crippen molar-refractivity contribution in [3.63, 3.8) is 0 Å². The van der Waals surface area contributed by atoms with Crippen LogP contribution in [0.25, 0.3) is 0 Å². The molecule has 0 bridgehead atoms. The average molecular weight is 293 g/mol. The third-order valence-electron chi connectivity index (χ3n) is 3.11. The van der Waals surface area contributed by atoms with E-state index in [1.807, 2.05) is 32.0 Å². The Morgan fingerprint density at radius 1 is 1.25 bits per heavy atom. The van der Waals surface area contributed by atoms with Crippen LogP contribution >= 0.6 is 0 Å². The lowest BCUT2D eigenvalue weighted by Crippen LogP contribution is -2.34. The molecule has 0 aliphatic heterocycles. The number of sulfonamides is 1. The van der Waals surface area contributed by atoms with E-state index in [9.17, 15) is 8.42 Å². The summed E-state index contributed by atoms with van der Waals surface area (Å²) in [7, 11) is -3.50. The number of aryl methyl sites for hydroxylation is 2. The Morgan fingerprint density at radius 3 is 2.65 bits per heavy atom. The van der Waals surface area contributed by atoms with Gasteiger partial charge in [-0.25, -0.2) is 13.1 Å². The fourth-order valence-corrected chi connectivity index (χ4v) is 3.70. The molecule has 1 atom stereocenters. The number of furan rings is 1. The van der Waals surface area contributed by atoms with Crippen molar-refractivity contribution in [3.05, 3.63) is 53.5 Å². The largest absolute Gasteiger partial charge is 0.472 e. The summed E-state index contributed by atoms with van der Waals surface area (Å²) in [6.45, 7) is 5.53. The van der Waals surface area contributed by atoms with Gasteiger partial charge in [0.25, 0.3) is 0 Å². The molecule has 0 saturated carbocycles. The molecule has 5 heteroatoms. The third kappa shape index (κ3) is 3.49. The number of benzene rings is 1. The van der Waals surface area contributed by atoms with Crippen molar-refractivity contribution in [1.82, 2.24) is 4.72 Å². The van der Waals surface area contributed by atoms with Gasteiger partial charge in [0.2, 0.25) is 10.0 Å². The molecule has 0 radical (unpaired) electrons. The highest BCUT2D eigenvalue weighted by atomic mass is 32.2. The summed E-state index contributed by atoms with van der Waals surface area (Å²) in [5.74, 6) is 0. The summed E-state index contributed by atoms with van der Waals surface area (Å²) in [6, 6.07) is 7.07. The lowest BCUT2D eigenvalue weighted by atomic mass is 10.1. The molecular weight excluding hydrogens is 274 g/mol. The van der Waals surface area contributed by atoms with Gasteiger partial charge in [-0.05, 0) is 56.0 Å². The Labute approximate surface area is 119 Å². The summed E-state index contributed by atoms with van der Waals surface area (Å²) < 4.78 is 32.5. The zero-order valence-electron chi connectivity index (χ0n) is 11.9. The maximum atomic E-state index is 12.4. The first-order valence-corrected chi connectivity index (χ1v) is 7.97. The van der Waals surface area contributed by atoms with Gasteiger partial charge >= 0.3 is 0 Å². The fourth-order valence-electron chi connectivity index (χ4n) is 2.13. The van der Waals surface area contributed by atoms with Crippen LogP contribution in [0.3, 0.4) is 0 Å². The number of nitrogens with one attached hydrogen (secondary N) is 1. The topological polar surface area (TPSA) is 59.3 Å². The summed E-state index contributed by atoms with van der Waals surface area (Å²) in [5, 5.41) is 0. The summed E-state index contributed by atoms with van der Waals surface area (Å²) in [5.41, 5.74) is 2.65. The van der Waals surface area contributed by atoms with Crippen LogP contribution in [-0.2, 0) is 16.4 Å². The van der Waals surface area contributed by atoms with E-state index in [0.717, 1.165) is 16.7 Å². The summed E-state index contributed by atoms with van der Waals surface area (Å²) in [6.07, 6.45) is 3.81. The average Bonchev–Trinajstić information content (AvgIpc) is 2.84. The van der Waals surface area contributed by atoms with E-state index in [1.165, 1.54) is 0 Å². The second-order valence-electron chi connectivity index (χ2n) is 5.13. The monoisotopic (exact) mass is 293 g/mol. The second-order valence-corrected chi connectivity index (χ2v) is 6.81. The van der Waals surface area contributed by atoms with E-state index in [-0.39, 0.29) is 6.04 Å². The summed E-state index contributed by atoms with van der Waals surface area (Å²) >= 11 is 0. The van der Waals surface area contributed by atoms with Gasteiger partial charge in [0.15, 0.2) is 0 Å². The van der Waals surface area contributed by atoms with E-state index < -0.39 is 10.0 Å². The molecule has 1 N–H and O–H groups in total. The van der Waals surface area contributed by atoms with Gasteiger partial charge in [0.05, 0.1) is 17.4 Å². The first kappa shape index (κ1) is 14.8. The van der Waals surface area contributed by atoms with Crippen molar-refractivity contribution in [2.45, 2.75) is 38.1 Å². The van der Waals surface area contributed by atoms with Crippen molar-refractivity contribution in [3.8, 4) is 0 Å². The minimum Gasteiger partial charge on any atom is -0.472 e. The van der Waals surface area contributed by atoms with Crippen molar-refractivity contribution in [2.24, 2.45) is 0 Å². The lowest BCUT2D eigenvalue weighted by Gasteiger charge is -2.15. The molecule has 2 rings (SSSR count). The summed E-state index contributed by atoms with van der Waals surface area (Å²) in [4.78, 5) is 0.344. The maximum Gasteiger partial charge on any atom is 0.241 e. The van der Waals surface area contributed by atoms with Crippen LogP contribution in [0.4, 0.5) is 0 Å². The molecule has 0 spiro atoms. The van der Waals surface area contributed by atoms with Gasteiger partial charge < -0.3 is 4.42 Å². The highest BCUT2D eigenvalue weighted by molar-refractivity contribution is 7.89. The normalized spacial score (nSPS) is 13.3. The van der Waals surface area contributed by atoms with E-state index >= 15 is 0 Å². The Bertz CT molecular complexity index is 675. The zero-order valence-corrected chi connectivity index (χ0v) is 12.7. The Kier molecular flexibility index (Phi) is 4.30. The Morgan fingerprint density at radius 2 is 2.00 bits per heavy atom. The number of hydrogen-bond acceptors (Lipinski definition) is 3. The van der Waals surface area contributed by atoms with Crippen LogP contribution < -0.4 is 4.72 Å². The van der Waals surface area contributed by atoms with Crippen LogP contribution in [-0.4, -0.2) is 14.5 Å². The van der Waals surface area contributed by atoms with Gasteiger partial charge in [-0.1, -0.05) is 12.1 Å². The predicted octanol–water partition coefficient (Wildman–Crippen LogP) is 2.81. The molecule has 0 fully saturated rings. The van der Waals surface area contributed by atoms with Crippen molar-refractivity contribution >= 4 is 10.0 Å². The Hall–Kier alpha value is -1.59. The fraction of sp³-hybridized carbons (Fsp3) is 0.333. The van der Waals surface area contributed by atoms with E-state index in [0.29, 0.717) is 11.3 Å². The predicted molar refractivity (Wildman–Crippen MR) is 78.1 cm³/mol. The molecule has 0 saturated heterocycles. The van der Waals surface area contributed by atoms with Crippen LogP contribution in [0, 0.1) is 13.8 Å². The SMILES string of the molecule is Cc1ccc(C)c(S(=O)(=O)NC(C)Cc2ccoc2)c1. The standard InChI is InChI=1S/C15H19NO3S/c1-11-4-5-12(2)15(8-11)20(17,18)16-13(3)9-14-6-7-19-10-14/h4-8,10,13,16H,9H2,1-3H3. The van der Waals surface area contributed by atoms with Crippen LogP contribution in [0.2, 0.25) is 0 Å². The first-order valence-electron chi connectivity index (χ1n) is 6.49. The van der Waals surface area contributed by atoms with E-state index in [4.69, 9.17) is 4.42 Å². The molecule has 4 nitrogen and oxygen atoms in total. The molecular formula is C15H19NO3S. The highest BCUT2D eigenvalue weighted by Crippen LogP contribution is 2.17. The number of hydrogen-bond donors (Lipinski definition) is 1. The third-order valence-corrected chi connectivity index (χ3v) is 4.84. The van der Waals surface area contributed by atoms with Crippen LogP contribution in [0.15, 0.2) is 46.1 Å². The molecule has 20 heavy (non-hydrogen) atoms. The highest BCUT2D eigenvalue weighted by Gasteiger charge is 2.19. The molecule has 0 amide bonds. The van der Waals surface area contributed by atoms with E-state index in [1.54, 1.807) is 25.5 Å². The molecule has 108 valence electrons. The van der Waals surface area contributed by atoms with Gasteiger partial charge in [-0.3, -0.25) is 0 Å². The minimum absolute atomic E-state index is 0.197. The molecule has 1 heterocycles. The van der Waals surface area contributed by atoms with E-state index in [2.05, 4.69) is 4.72 Å². The zero-order chi connectivity index (χ0) is 14.8. The molecule has 0 aliphatic carbocycles. The Balaban J connectivity index is 2.16. The molecule has 1 aromatic carbocycles. The quantitative estimate of drug-likeness (QED) is 0.922. The smallest absolute Gasteiger partial charge is 0.241 e. The van der Waals surface area contributed by atoms with Gasteiger partial charge in [0, 0.05) is 6.04 Å². The van der Waals surface area contributed by atoms with Crippen molar-refractivity contribution < 1.29 is 12.8 Å². The minimum atomic E-state index is -3.50. The number of rotatable bonds is 5. The van der Waals surface area contributed by atoms with Crippen LogP contribution in [0.5, 0.6) is 0 Å². The molecule has 2 aromatic rings. The first-order chi connectivity index (χ1) is 9.38.